The molecule has 0 unspecified atom stereocenters. The molecule has 0 aliphatic carbocycles. The summed E-state index contributed by atoms with van der Waals surface area (Å²) in [6.07, 6.45) is 3.17. The lowest BCUT2D eigenvalue weighted by atomic mass is 10.1. The van der Waals surface area contributed by atoms with Crippen molar-refractivity contribution >= 4 is 35.3 Å². The van der Waals surface area contributed by atoms with E-state index in [1.54, 1.807) is 24.3 Å². The Hall–Kier alpha value is -3.74. The summed E-state index contributed by atoms with van der Waals surface area (Å²) in [4.78, 5) is 47.6. The molecule has 0 saturated heterocycles. The average molecular weight is 392 g/mol. The van der Waals surface area contributed by atoms with Gasteiger partial charge in [-0.2, -0.15) is 0 Å². The molecule has 0 saturated carbocycles. The minimum atomic E-state index is -0.905. The molecular weight excluding hydrogens is 372 g/mol. The number of Topliss-reactive ketones (excluding diaryl/α,β-unsaturated/α-hetero) is 1. The molecule has 1 aliphatic rings. The summed E-state index contributed by atoms with van der Waals surface area (Å²) >= 11 is 0. The molecule has 0 aromatic heterocycles. The number of anilines is 1. The Morgan fingerprint density at radius 2 is 1.93 bits per heavy atom. The summed E-state index contributed by atoms with van der Waals surface area (Å²) in [5.74, 6) is -1.66. The standard InChI is InChI=1S/C22H20N2O5/c1-14(23-20(26)10-7-15-5-3-2-4-6-15)22(28)29-13-19(25)16-8-9-18-17(11-16)12-21(27)24-18/h2-11,14H,12-13H2,1H3,(H,23,26)(H,24,27)/b10-7+/t14-/m0/s1. The maximum atomic E-state index is 12.3. The van der Waals surface area contributed by atoms with Crippen LogP contribution in [0.15, 0.2) is 54.6 Å². The Kier molecular flexibility index (Phi) is 6.19. The first-order chi connectivity index (χ1) is 13.9. The van der Waals surface area contributed by atoms with Crippen LogP contribution in [0.3, 0.4) is 0 Å². The summed E-state index contributed by atoms with van der Waals surface area (Å²) in [6, 6.07) is 13.2. The molecule has 29 heavy (non-hydrogen) atoms. The van der Waals surface area contributed by atoms with Gasteiger partial charge in [-0.15, -0.1) is 0 Å². The van der Waals surface area contributed by atoms with Crippen molar-refractivity contribution in [2.24, 2.45) is 0 Å². The fourth-order valence-corrected chi connectivity index (χ4v) is 2.80. The van der Waals surface area contributed by atoms with Crippen molar-refractivity contribution < 1.29 is 23.9 Å². The van der Waals surface area contributed by atoms with Gasteiger partial charge in [0.2, 0.25) is 11.8 Å². The second-order valence-electron chi connectivity index (χ2n) is 6.60. The van der Waals surface area contributed by atoms with Gasteiger partial charge in [-0.05, 0) is 42.3 Å². The van der Waals surface area contributed by atoms with Crippen molar-refractivity contribution in [3.63, 3.8) is 0 Å². The van der Waals surface area contributed by atoms with E-state index >= 15 is 0 Å². The second-order valence-corrected chi connectivity index (χ2v) is 6.60. The number of fused-ring (bicyclic) bond motifs is 1. The Bertz CT molecular complexity index is 982. The molecule has 2 aromatic rings. The first-order valence-electron chi connectivity index (χ1n) is 9.08. The topological polar surface area (TPSA) is 102 Å². The highest BCUT2D eigenvalue weighted by molar-refractivity contribution is 6.03. The van der Waals surface area contributed by atoms with Crippen molar-refractivity contribution in [3.05, 3.63) is 71.3 Å². The molecule has 7 heteroatoms. The van der Waals surface area contributed by atoms with Crippen molar-refractivity contribution in [2.45, 2.75) is 19.4 Å². The number of carbonyl (C=O) groups excluding carboxylic acids is 4. The minimum Gasteiger partial charge on any atom is -0.456 e. The van der Waals surface area contributed by atoms with Gasteiger partial charge in [-0.3, -0.25) is 14.4 Å². The molecule has 0 spiro atoms. The largest absolute Gasteiger partial charge is 0.456 e. The summed E-state index contributed by atoms with van der Waals surface area (Å²) in [5.41, 5.74) is 2.63. The van der Waals surface area contributed by atoms with Gasteiger partial charge in [-0.25, -0.2) is 4.79 Å². The van der Waals surface area contributed by atoms with E-state index < -0.39 is 24.5 Å². The molecule has 2 aromatic carbocycles. The smallest absolute Gasteiger partial charge is 0.328 e. The summed E-state index contributed by atoms with van der Waals surface area (Å²) in [5, 5.41) is 5.18. The van der Waals surface area contributed by atoms with E-state index in [2.05, 4.69) is 10.6 Å². The van der Waals surface area contributed by atoms with Crippen LogP contribution < -0.4 is 10.6 Å². The van der Waals surface area contributed by atoms with Crippen molar-refractivity contribution in [1.29, 1.82) is 0 Å². The van der Waals surface area contributed by atoms with Crippen molar-refractivity contribution in [3.8, 4) is 0 Å². The second kappa shape index (κ2) is 8.97. The predicted octanol–water partition coefficient (Wildman–Crippen LogP) is 2.13. The van der Waals surface area contributed by atoms with Crippen LogP contribution in [0.2, 0.25) is 0 Å². The molecular formula is C22H20N2O5. The molecule has 3 rings (SSSR count). The maximum Gasteiger partial charge on any atom is 0.328 e. The molecule has 0 bridgehead atoms. The number of benzene rings is 2. The van der Waals surface area contributed by atoms with E-state index in [0.29, 0.717) is 11.3 Å². The van der Waals surface area contributed by atoms with E-state index in [-0.39, 0.29) is 18.1 Å². The van der Waals surface area contributed by atoms with Gasteiger partial charge in [0.1, 0.15) is 6.04 Å². The molecule has 1 aliphatic heterocycles. The molecule has 7 nitrogen and oxygen atoms in total. The molecule has 2 N–H and O–H groups in total. The SMILES string of the molecule is C[C@H](NC(=O)/C=C/c1ccccc1)C(=O)OCC(=O)c1ccc2c(c1)CC(=O)N2. The Labute approximate surface area is 167 Å². The zero-order chi connectivity index (χ0) is 20.8. The van der Waals surface area contributed by atoms with E-state index in [4.69, 9.17) is 4.74 Å². The van der Waals surface area contributed by atoms with Gasteiger partial charge in [0.05, 0.1) is 6.42 Å². The Morgan fingerprint density at radius 3 is 2.69 bits per heavy atom. The molecule has 1 heterocycles. The first-order valence-corrected chi connectivity index (χ1v) is 9.08. The molecule has 148 valence electrons. The van der Waals surface area contributed by atoms with Gasteiger partial charge >= 0.3 is 5.97 Å². The van der Waals surface area contributed by atoms with E-state index in [0.717, 1.165) is 11.1 Å². The average Bonchev–Trinajstić information content (AvgIpc) is 3.10. The van der Waals surface area contributed by atoms with Crippen LogP contribution in [0.1, 0.15) is 28.4 Å². The number of hydrogen-bond donors (Lipinski definition) is 2. The third kappa shape index (κ3) is 5.38. The highest BCUT2D eigenvalue weighted by Crippen LogP contribution is 2.24. The lowest BCUT2D eigenvalue weighted by molar-refractivity contribution is -0.145. The van der Waals surface area contributed by atoms with Gasteiger partial charge in [-0.1, -0.05) is 30.3 Å². The van der Waals surface area contributed by atoms with Crippen LogP contribution in [0.4, 0.5) is 5.69 Å². The fraction of sp³-hybridized carbons (Fsp3) is 0.182. The third-order valence-electron chi connectivity index (χ3n) is 4.34. The van der Waals surface area contributed by atoms with E-state index in [9.17, 15) is 19.2 Å². The number of ketones is 1. The predicted molar refractivity (Wildman–Crippen MR) is 107 cm³/mol. The third-order valence-corrected chi connectivity index (χ3v) is 4.34. The number of ether oxygens (including phenoxy) is 1. The number of rotatable bonds is 7. The highest BCUT2D eigenvalue weighted by Gasteiger charge is 2.21. The number of amides is 2. The highest BCUT2D eigenvalue weighted by atomic mass is 16.5. The van der Waals surface area contributed by atoms with Crippen LogP contribution in [-0.4, -0.2) is 36.2 Å². The van der Waals surface area contributed by atoms with Crippen molar-refractivity contribution in [2.75, 3.05) is 11.9 Å². The normalized spacial score (nSPS) is 13.5. The lowest BCUT2D eigenvalue weighted by Crippen LogP contribution is -2.39. The summed E-state index contributed by atoms with van der Waals surface area (Å²) < 4.78 is 5.01. The number of carbonyl (C=O) groups is 4. The van der Waals surface area contributed by atoms with E-state index in [1.165, 1.54) is 13.0 Å². The summed E-state index contributed by atoms with van der Waals surface area (Å²) in [7, 11) is 0. The van der Waals surface area contributed by atoms with Gasteiger partial charge in [0.15, 0.2) is 12.4 Å². The lowest BCUT2D eigenvalue weighted by Gasteiger charge is -2.12. The molecule has 0 radical (unpaired) electrons. The Balaban J connectivity index is 1.48. The monoisotopic (exact) mass is 392 g/mol. The fourth-order valence-electron chi connectivity index (χ4n) is 2.80. The maximum absolute atomic E-state index is 12.3. The Morgan fingerprint density at radius 1 is 1.17 bits per heavy atom. The van der Waals surface area contributed by atoms with Crippen molar-refractivity contribution in [1.82, 2.24) is 5.32 Å². The van der Waals surface area contributed by atoms with Crippen LogP contribution in [0.5, 0.6) is 0 Å². The van der Waals surface area contributed by atoms with E-state index in [1.807, 2.05) is 30.3 Å². The first kappa shape index (κ1) is 20.0. The van der Waals surface area contributed by atoms with Gasteiger partial charge < -0.3 is 15.4 Å². The quantitative estimate of drug-likeness (QED) is 0.427. The van der Waals surface area contributed by atoms with Crippen LogP contribution >= 0.6 is 0 Å². The number of hydrogen-bond acceptors (Lipinski definition) is 5. The van der Waals surface area contributed by atoms with Gasteiger partial charge in [0, 0.05) is 17.3 Å². The van der Waals surface area contributed by atoms with Crippen LogP contribution in [0, 0.1) is 0 Å². The molecule has 0 fully saturated rings. The number of nitrogens with one attached hydrogen (secondary N) is 2. The van der Waals surface area contributed by atoms with Gasteiger partial charge in [0.25, 0.3) is 0 Å². The number of esters is 1. The van der Waals surface area contributed by atoms with Crippen LogP contribution in [0.25, 0.3) is 6.08 Å². The minimum absolute atomic E-state index is 0.123. The zero-order valence-electron chi connectivity index (χ0n) is 15.8. The zero-order valence-corrected chi connectivity index (χ0v) is 15.8. The summed E-state index contributed by atoms with van der Waals surface area (Å²) in [6.45, 7) is 1.03. The molecule has 2 amide bonds. The van der Waals surface area contributed by atoms with Crippen LogP contribution in [-0.2, 0) is 25.5 Å². The molecule has 1 atom stereocenters.